The molecule has 1 atom stereocenters. The second-order valence-corrected chi connectivity index (χ2v) is 5.59. The van der Waals surface area contributed by atoms with Crippen LogP contribution < -0.4 is 5.32 Å². The Labute approximate surface area is 103 Å². The van der Waals surface area contributed by atoms with Crippen LogP contribution in [0.4, 0.5) is 4.79 Å². The van der Waals surface area contributed by atoms with Crippen molar-refractivity contribution in [3.05, 3.63) is 0 Å². The van der Waals surface area contributed by atoms with Crippen LogP contribution in [0.1, 0.15) is 33.6 Å². The number of ether oxygens (including phenoxy) is 1. The summed E-state index contributed by atoms with van der Waals surface area (Å²) in [5, 5.41) is 3.31. The molecule has 0 aromatic carbocycles. The van der Waals surface area contributed by atoms with Gasteiger partial charge in [-0.3, -0.25) is 4.90 Å². The number of piperidine rings is 1. The zero-order valence-corrected chi connectivity index (χ0v) is 11.0. The lowest BCUT2D eigenvalue weighted by Gasteiger charge is -2.33. The van der Waals surface area contributed by atoms with Crippen LogP contribution in [0.15, 0.2) is 0 Å². The number of nitrogens with one attached hydrogen (secondary N) is 1. The van der Waals surface area contributed by atoms with E-state index in [1.54, 1.807) is 0 Å². The van der Waals surface area contributed by atoms with E-state index in [4.69, 9.17) is 4.74 Å². The number of hydrogen-bond acceptors (Lipinski definition) is 3. The van der Waals surface area contributed by atoms with Gasteiger partial charge in [0.05, 0.1) is 6.54 Å². The van der Waals surface area contributed by atoms with Crippen molar-refractivity contribution in [3.8, 4) is 0 Å². The summed E-state index contributed by atoms with van der Waals surface area (Å²) in [5.41, 5.74) is -0.402. The molecule has 16 heavy (non-hydrogen) atoms. The van der Waals surface area contributed by atoms with Crippen molar-refractivity contribution < 1.29 is 9.53 Å². The van der Waals surface area contributed by atoms with E-state index >= 15 is 0 Å². The highest BCUT2D eigenvalue weighted by Crippen LogP contribution is 2.32. The molecule has 1 amide bonds. The molecule has 0 aromatic heterocycles. The Morgan fingerprint density at radius 2 is 2.12 bits per heavy atom. The fourth-order valence-corrected chi connectivity index (χ4v) is 2.30. The number of amides is 1. The van der Waals surface area contributed by atoms with Crippen molar-refractivity contribution in [1.82, 2.24) is 10.2 Å². The summed E-state index contributed by atoms with van der Waals surface area (Å²) in [5.74, 6) is 0. The first-order valence-corrected chi connectivity index (χ1v) is 5.64. The highest BCUT2D eigenvalue weighted by Gasteiger charge is 2.48. The van der Waals surface area contributed by atoms with Crippen molar-refractivity contribution in [2.24, 2.45) is 0 Å². The second-order valence-electron chi connectivity index (χ2n) is 5.59. The van der Waals surface area contributed by atoms with Crippen LogP contribution >= 0.6 is 12.4 Å². The van der Waals surface area contributed by atoms with Gasteiger partial charge < -0.3 is 10.1 Å². The molecular weight excluding hydrogens is 228 g/mol. The van der Waals surface area contributed by atoms with Gasteiger partial charge in [0.2, 0.25) is 0 Å². The molecule has 4 nitrogen and oxygen atoms in total. The molecule has 1 unspecified atom stereocenters. The van der Waals surface area contributed by atoms with E-state index in [0.717, 1.165) is 32.5 Å². The molecule has 2 aliphatic heterocycles. The van der Waals surface area contributed by atoms with Gasteiger partial charge in [-0.1, -0.05) is 0 Å². The van der Waals surface area contributed by atoms with Crippen LogP contribution in [-0.4, -0.2) is 41.8 Å². The van der Waals surface area contributed by atoms with Gasteiger partial charge in [0.1, 0.15) is 5.60 Å². The minimum atomic E-state index is -0.261. The molecule has 1 spiro atoms. The molecule has 2 fully saturated rings. The number of carbonyl (C=O) groups is 1. The molecule has 5 heteroatoms. The first kappa shape index (κ1) is 13.6. The molecule has 94 valence electrons. The van der Waals surface area contributed by atoms with Gasteiger partial charge in [-0.25, -0.2) is 4.79 Å². The quantitative estimate of drug-likeness (QED) is 0.711. The van der Waals surface area contributed by atoms with E-state index in [1.165, 1.54) is 0 Å². The number of rotatable bonds is 0. The Morgan fingerprint density at radius 3 is 2.56 bits per heavy atom. The summed E-state index contributed by atoms with van der Waals surface area (Å²) in [6.07, 6.45) is 1.91. The van der Waals surface area contributed by atoms with Gasteiger partial charge in [0.25, 0.3) is 0 Å². The average Bonchev–Trinajstić information content (AvgIpc) is 2.44. The topological polar surface area (TPSA) is 41.6 Å². The molecule has 1 N–H and O–H groups in total. The standard InChI is InChI=1S/C11H20N2O2.ClH/c1-10(2,3)13-8-11(15-9(13)14)5-4-6-12-7-11;/h12H,4-8H2,1-3H3;1H. The first-order chi connectivity index (χ1) is 6.93. The maximum absolute atomic E-state index is 11.8. The third-order valence-electron chi connectivity index (χ3n) is 3.21. The molecule has 0 saturated carbocycles. The fraction of sp³-hybridized carbons (Fsp3) is 0.909. The number of nitrogens with zero attached hydrogens (tertiary/aromatic N) is 1. The van der Waals surface area contributed by atoms with Crippen LogP contribution in [0.25, 0.3) is 0 Å². The fourth-order valence-electron chi connectivity index (χ4n) is 2.30. The third-order valence-corrected chi connectivity index (χ3v) is 3.21. The molecule has 2 aliphatic rings. The predicted octanol–water partition coefficient (Wildman–Crippen LogP) is 1.78. The third kappa shape index (κ3) is 2.43. The van der Waals surface area contributed by atoms with Gasteiger partial charge in [-0.15, -0.1) is 12.4 Å². The molecule has 0 aliphatic carbocycles. The summed E-state index contributed by atoms with van der Waals surface area (Å²) in [6.45, 7) is 8.69. The summed E-state index contributed by atoms with van der Waals surface area (Å²) in [4.78, 5) is 13.6. The van der Waals surface area contributed by atoms with E-state index in [0.29, 0.717) is 0 Å². The van der Waals surface area contributed by atoms with Gasteiger partial charge in [0, 0.05) is 12.1 Å². The minimum absolute atomic E-state index is 0. The highest BCUT2D eigenvalue weighted by atomic mass is 35.5. The maximum atomic E-state index is 11.8. The van der Waals surface area contributed by atoms with Gasteiger partial charge in [0.15, 0.2) is 0 Å². The average molecular weight is 249 g/mol. The summed E-state index contributed by atoms with van der Waals surface area (Å²) < 4.78 is 5.55. The van der Waals surface area contributed by atoms with E-state index < -0.39 is 0 Å². The van der Waals surface area contributed by atoms with Crippen molar-refractivity contribution in [1.29, 1.82) is 0 Å². The zero-order valence-electron chi connectivity index (χ0n) is 10.2. The summed E-state index contributed by atoms with van der Waals surface area (Å²) in [7, 11) is 0. The lowest BCUT2D eigenvalue weighted by Crippen LogP contribution is -2.50. The van der Waals surface area contributed by atoms with Crippen LogP contribution in [0, 0.1) is 0 Å². The Morgan fingerprint density at radius 1 is 1.44 bits per heavy atom. The summed E-state index contributed by atoms with van der Waals surface area (Å²) in [6, 6.07) is 0. The smallest absolute Gasteiger partial charge is 0.411 e. The van der Waals surface area contributed by atoms with Crippen molar-refractivity contribution in [3.63, 3.8) is 0 Å². The highest BCUT2D eigenvalue weighted by molar-refractivity contribution is 5.85. The maximum Gasteiger partial charge on any atom is 0.411 e. The van der Waals surface area contributed by atoms with E-state index in [1.807, 2.05) is 25.7 Å². The SMILES string of the molecule is CC(C)(C)N1CC2(CCCNC2)OC1=O.Cl. The lowest BCUT2D eigenvalue weighted by atomic mass is 9.93. The van der Waals surface area contributed by atoms with Gasteiger partial charge >= 0.3 is 6.09 Å². The number of halogens is 1. The first-order valence-electron chi connectivity index (χ1n) is 5.64. The number of hydrogen-bond donors (Lipinski definition) is 1. The number of carbonyl (C=O) groups excluding carboxylic acids is 1. The zero-order chi connectivity index (χ0) is 11.1. The van der Waals surface area contributed by atoms with Crippen LogP contribution in [0.2, 0.25) is 0 Å². The van der Waals surface area contributed by atoms with Crippen LogP contribution in [0.3, 0.4) is 0 Å². The normalized spacial score (nSPS) is 30.2. The second kappa shape index (κ2) is 4.41. The molecule has 2 heterocycles. The van der Waals surface area contributed by atoms with Crippen molar-refractivity contribution in [2.75, 3.05) is 19.6 Å². The Bertz CT molecular complexity index is 270. The Balaban J connectivity index is 0.00000128. The summed E-state index contributed by atoms with van der Waals surface area (Å²) >= 11 is 0. The molecule has 0 bridgehead atoms. The Hall–Kier alpha value is -0.480. The monoisotopic (exact) mass is 248 g/mol. The largest absolute Gasteiger partial charge is 0.440 e. The van der Waals surface area contributed by atoms with Crippen LogP contribution in [0.5, 0.6) is 0 Å². The minimum Gasteiger partial charge on any atom is -0.440 e. The molecular formula is C11H21ClN2O2. The van der Waals surface area contributed by atoms with Crippen molar-refractivity contribution in [2.45, 2.75) is 44.8 Å². The molecule has 0 radical (unpaired) electrons. The molecule has 2 rings (SSSR count). The Kier molecular flexibility index (Phi) is 3.75. The van der Waals surface area contributed by atoms with Crippen LogP contribution in [-0.2, 0) is 4.74 Å². The lowest BCUT2D eigenvalue weighted by molar-refractivity contribution is 0.0366. The van der Waals surface area contributed by atoms with Crippen molar-refractivity contribution >= 4 is 18.5 Å². The van der Waals surface area contributed by atoms with E-state index in [9.17, 15) is 4.79 Å². The molecule has 2 saturated heterocycles. The van der Waals surface area contributed by atoms with E-state index in [-0.39, 0.29) is 29.6 Å². The van der Waals surface area contributed by atoms with E-state index in [2.05, 4.69) is 5.32 Å². The van der Waals surface area contributed by atoms with Gasteiger partial charge in [-0.2, -0.15) is 0 Å². The predicted molar refractivity (Wildman–Crippen MR) is 65.0 cm³/mol. The van der Waals surface area contributed by atoms with Gasteiger partial charge in [-0.05, 0) is 40.2 Å². The molecule has 0 aromatic rings.